The lowest BCUT2D eigenvalue weighted by molar-refractivity contribution is -0.118. The van der Waals surface area contributed by atoms with Crippen molar-refractivity contribution < 1.29 is 22.7 Å². The highest BCUT2D eigenvalue weighted by atomic mass is 32.2. The highest BCUT2D eigenvalue weighted by molar-refractivity contribution is 7.89. The van der Waals surface area contributed by atoms with Crippen LogP contribution in [0, 0.1) is 5.92 Å². The fourth-order valence-corrected chi connectivity index (χ4v) is 4.16. The van der Waals surface area contributed by atoms with Crippen molar-refractivity contribution in [3.05, 3.63) is 54.1 Å². The Hall–Kier alpha value is -2.91. The monoisotopic (exact) mass is 461 g/mol. The molecule has 0 spiro atoms. The van der Waals surface area contributed by atoms with Crippen molar-refractivity contribution in [2.75, 3.05) is 12.4 Å². The fourth-order valence-electron chi connectivity index (χ4n) is 2.82. The lowest BCUT2D eigenvalue weighted by Crippen LogP contribution is -2.47. The first kappa shape index (κ1) is 25.4. The molecular weight excluding hydrogens is 430 g/mol. The van der Waals surface area contributed by atoms with Gasteiger partial charge in [-0.15, -0.1) is 0 Å². The molecule has 8 nitrogen and oxygen atoms in total. The number of sulfonamides is 1. The van der Waals surface area contributed by atoms with Gasteiger partial charge in [0.05, 0.1) is 12.0 Å². The van der Waals surface area contributed by atoms with E-state index in [1.165, 1.54) is 31.4 Å². The molecule has 2 amide bonds. The first-order valence-electron chi connectivity index (χ1n) is 10.2. The molecule has 0 aliphatic heterocycles. The molecule has 9 heteroatoms. The van der Waals surface area contributed by atoms with E-state index >= 15 is 0 Å². The number of hydrogen-bond acceptors (Lipinski definition) is 5. The molecule has 174 valence electrons. The molecule has 0 aromatic heterocycles. The molecule has 32 heavy (non-hydrogen) atoms. The topological polar surface area (TPSA) is 114 Å². The lowest BCUT2D eigenvalue weighted by Gasteiger charge is -2.22. The van der Waals surface area contributed by atoms with Crippen LogP contribution in [0.3, 0.4) is 0 Å². The van der Waals surface area contributed by atoms with E-state index in [1.807, 2.05) is 20.8 Å². The Kier molecular flexibility index (Phi) is 8.03. The van der Waals surface area contributed by atoms with E-state index in [9.17, 15) is 18.0 Å². The number of carbonyl (C=O) groups is 2. The lowest BCUT2D eigenvalue weighted by atomic mass is 10.0. The summed E-state index contributed by atoms with van der Waals surface area (Å²) in [5, 5.41) is 5.58. The summed E-state index contributed by atoms with van der Waals surface area (Å²) in [6, 6.07) is 11.3. The van der Waals surface area contributed by atoms with Crippen LogP contribution >= 0.6 is 0 Å². The van der Waals surface area contributed by atoms with Crippen LogP contribution in [0.5, 0.6) is 5.75 Å². The molecule has 1 atom stereocenters. The van der Waals surface area contributed by atoms with E-state index in [0.717, 1.165) is 0 Å². The van der Waals surface area contributed by atoms with E-state index in [2.05, 4.69) is 15.4 Å². The summed E-state index contributed by atoms with van der Waals surface area (Å²) in [6.07, 6.45) is 0. The first-order valence-corrected chi connectivity index (χ1v) is 11.7. The summed E-state index contributed by atoms with van der Waals surface area (Å²) in [5.74, 6) is -0.492. The van der Waals surface area contributed by atoms with Gasteiger partial charge in [-0.1, -0.05) is 13.8 Å². The van der Waals surface area contributed by atoms with E-state index in [0.29, 0.717) is 17.0 Å². The summed E-state index contributed by atoms with van der Waals surface area (Å²) < 4.78 is 33.0. The number of nitrogens with one attached hydrogen (secondary N) is 3. The maximum Gasteiger partial charge on any atom is 0.251 e. The third kappa shape index (κ3) is 7.06. The van der Waals surface area contributed by atoms with Crippen LogP contribution in [0.15, 0.2) is 53.4 Å². The van der Waals surface area contributed by atoms with Crippen molar-refractivity contribution in [1.29, 1.82) is 0 Å². The normalized spacial score (nSPS) is 12.8. The Morgan fingerprint density at radius 1 is 0.938 bits per heavy atom. The van der Waals surface area contributed by atoms with Crippen LogP contribution in [0.4, 0.5) is 5.69 Å². The number of rotatable bonds is 8. The van der Waals surface area contributed by atoms with E-state index in [1.54, 1.807) is 38.1 Å². The maximum atomic E-state index is 12.8. The van der Waals surface area contributed by atoms with Crippen LogP contribution in [0.25, 0.3) is 0 Å². The third-order valence-corrected chi connectivity index (χ3v) is 5.96. The predicted molar refractivity (Wildman–Crippen MR) is 124 cm³/mol. The average Bonchev–Trinajstić information content (AvgIpc) is 2.71. The predicted octanol–water partition coefficient (Wildman–Crippen LogP) is 3.17. The van der Waals surface area contributed by atoms with Gasteiger partial charge in [-0.2, -0.15) is 4.72 Å². The van der Waals surface area contributed by atoms with Gasteiger partial charge >= 0.3 is 0 Å². The molecule has 0 saturated carbocycles. The van der Waals surface area contributed by atoms with Crippen molar-refractivity contribution in [3.63, 3.8) is 0 Å². The van der Waals surface area contributed by atoms with Gasteiger partial charge < -0.3 is 15.4 Å². The molecule has 0 heterocycles. The second-order valence-electron chi connectivity index (χ2n) is 8.79. The molecular formula is C23H31N3O5S. The number of anilines is 1. The maximum absolute atomic E-state index is 12.8. The summed E-state index contributed by atoms with van der Waals surface area (Å²) in [6.45, 7) is 9.16. The van der Waals surface area contributed by atoms with Gasteiger partial charge in [0.1, 0.15) is 11.8 Å². The Balaban J connectivity index is 2.12. The molecule has 0 radical (unpaired) electrons. The van der Waals surface area contributed by atoms with Gasteiger partial charge in [0, 0.05) is 16.8 Å². The second-order valence-corrected chi connectivity index (χ2v) is 10.5. The summed E-state index contributed by atoms with van der Waals surface area (Å²) in [7, 11) is -2.43. The zero-order valence-electron chi connectivity index (χ0n) is 19.2. The van der Waals surface area contributed by atoms with Crippen molar-refractivity contribution in [1.82, 2.24) is 10.0 Å². The van der Waals surface area contributed by atoms with Crippen LogP contribution in [0.2, 0.25) is 0 Å². The Labute approximate surface area is 189 Å². The summed E-state index contributed by atoms with van der Waals surface area (Å²) in [4.78, 5) is 25.1. The molecule has 2 rings (SSSR count). The van der Waals surface area contributed by atoms with E-state index in [4.69, 9.17) is 4.74 Å². The molecule has 0 aliphatic carbocycles. The van der Waals surface area contributed by atoms with Gasteiger partial charge in [-0.25, -0.2) is 8.42 Å². The molecule has 0 fully saturated rings. The number of ether oxygens (including phenoxy) is 1. The second kappa shape index (κ2) is 10.1. The third-order valence-electron chi connectivity index (χ3n) is 4.50. The minimum absolute atomic E-state index is 0.0333. The minimum Gasteiger partial charge on any atom is -0.497 e. The van der Waals surface area contributed by atoms with Crippen LogP contribution in [-0.2, 0) is 14.8 Å². The molecule has 2 aromatic carbocycles. The van der Waals surface area contributed by atoms with Crippen molar-refractivity contribution in [2.45, 2.75) is 51.1 Å². The quantitative estimate of drug-likeness (QED) is 0.559. The SMILES string of the molecule is COc1ccc(S(=O)(=O)N[C@H](C(=O)Nc2ccc(C(=O)NC(C)(C)C)cc2)C(C)C)cc1. The standard InChI is InChI=1S/C23H31N3O5S/c1-15(2)20(26-32(29,30)19-13-11-18(31-6)12-14-19)22(28)24-17-9-7-16(8-10-17)21(27)25-23(3,4)5/h7-15,20,26H,1-6H3,(H,24,28)(H,25,27)/t20-/m0/s1. The highest BCUT2D eigenvalue weighted by Gasteiger charge is 2.28. The van der Waals surface area contributed by atoms with Crippen molar-refractivity contribution in [2.24, 2.45) is 5.92 Å². The van der Waals surface area contributed by atoms with Crippen LogP contribution in [-0.4, -0.2) is 38.9 Å². The number of carbonyl (C=O) groups excluding carboxylic acids is 2. The van der Waals surface area contributed by atoms with E-state index in [-0.39, 0.29) is 22.3 Å². The Morgan fingerprint density at radius 3 is 1.97 bits per heavy atom. The summed E-state index contributed by atoms with van der Waals surface area (Å²) in [5.41, 5.74) is 0.547. The van der Waals surface area contributed by atoms with Gasteiger partial charge in [0.25, 0.3) is 5.91 Å². The number of methoxy groups -OCH3 is 1. The molecule has 0 saturated heterocycles. The average molecular weight is 462 g/mol. The number of hydrogen-bond donors (Lipinski definition) is 3. The highest BCUT2D eigenvalue weighted by Crippen LogP contribution is 2.18. The van der Waals surface area contributed by atoms with Crippen LogP contribution in [0.1, 0.15) is 45.0 Å². The van der Waals surface area contributed by atoms with Gasteiger partial charge in [0.15, 0.2) is 0 Å². The zero-order chi connectivity index (χ0) is 24.1. The van der Waals surface area contributed by atoms with E-state index < -0.39 is 22.0 Å². The van der Waals surface area contributed by atoms with Crippen LogP contribution < -0.4 is 20.1 Å². The molecule has 0 bridgehead atoms. The van der Waals surface area contributed by atoms with Crippen molar-refractivity contribution in [3.8, 4) is 5.75 Å². The fraction of sp³-hybridized carbons (Fsp3) is 0.391. The van der Waals surface area contributed by atoms with Gasteiger partial charge in [-0.05, 0) is 75.2 Å². The number of benzene rings is 2. The van der Waals surface area contributed by atoms with Gasteiger partial charge in [-0.3, -0.25) is 9.59 Å². The minimum atomic E-state index is -3.92. The molecule has 2 aromatic rings. The Bertz CT molecular complexity index is 1040. The molecule has 3 N–H and O–H groups in total. The summed E-state index contributed by atoms with van der Waals surface area (Å²) >= 11 is 0. The first-order chi connectivity index (χ1) is 14.8. The molecule has 0 aliphatic rings. The zero-order valence-corrected chi connectivity index (χ0v) is 20.0. The smallest absolute Gasteiger partial charge is 0.251 e. The number of amides is 2. The largest absolute Gasteiger partial charge is 0.497 e. The Morgan fingerprint density at radius 2 is 1.50 bits per heavy atom. The van der Waals surface area contributed by atoms with Crippen molar-refractivity contribution >= 4 is 27.5 Å². The van der Waals surface area contributed by atoms with Gasteiger partial charge in [0.2, 0.25) is 15.9 Å². The molecule has 0 unspecified atom stereocenters.